The number of methoxy groups -OCH3 is 1. The Balaban J connectivity index is 2.22. The normalized spacial score (nSPS) is 36.4. The molecular formula is C13H22O7S. The van der Waals surface area contributed by atoms with Crippen molar-refractivity contribution in [2.75, 3.05) is 13.4 Å². The van der Waals surface area contributed by atoms with E-state index in [2.05, 4.69) is 6.58 Å². The van der Waals surface area contributed by atoms with Crippen molar-refractivity contribution in [2.24, 2.45) is 0 Å². The first-order valence-corrected chi connectivity index (χ1v) is 8.51. The second kappa shape index (κ2) is 5.94. The third-order valence-corrected chi connectivity index (χ3v) is 3.94. The Morgan fingerprint density at radius 2 is 1.95 bits per heavy atom. The quantitative estimate of drug-likeness (QED) is 0.528. The molecule has 0 amide bonds. The molecule has 2 fully saturated rings. The van der Waals surface area contributed by atoms with Crippen LogP contribution in [0.15, 0.2) is 12.7 Å². The zero-order chi connectivity index (χ0) is 15.8. The predicted molar refractivity (Wildman–Crippen MR) is 74.0 cm³/mol. The largest absolute Gasteiger partial charge is 0.353 e. The van der Waals surface area contributed by atoms with E-state index in [-0.39, 0.29) is 0 Å². The van der Waals surface area contributed by atoms with Gasteiger partial charge >= 0.3 is 0 Å². The molecule has 4 unspecified atom stereocenters. The molecule has 2 heterocycles. The van der Waals surface area contributed by atoms with Crippen LogP contribution in [0, 0.1) is 0 Å². The highest BCUT2D eigenvalue weighted by Gasteiger charge is 2.57. The number of hydrogen-bond donors (Lipinski definition) is 0. The van der Waals surface area contributed by atoms with Crippen molar-refractivity contribution in [1.82, 2.24) is 0 Å². The van der Waals surface area contributed by atoms with Crippen molar-refractivity contribution in [3.05, 3.63) is 12.7 Å². The molecule has 0 aromatic rings. The molecule has 5 atom stereocenters. The molecule has 8 heteroatoms. The maximum Gasteiger partial charge on any atom is 0.264 e. The molecule has 0 saturated carbocycles. The summed E-state index contributed by atoms with van der Waals surface area (Å²) in [6, 6.07) is 0. The van der Waals surface area contributed by atoms with Gasteiger partial charge in [-0.2, -0.15) is 8.42 Å². The third-order valence-electron chi connectivity index (χ3n) is 3.34. The van der Waals surface area contributed by atoms with Gasteiger partial charge in [0.2, 0.25) is 0 Å². The minimum atomic E-state index is -3.63. The second-order valence-electron chi connectivity index (χ2n) is 5.63. The zero-order valence-electron chi connectivity index (χ0n) is 12.6. The highest BCUT2D eigenvalue weighted by atomic mass is 32.2. The Kier molecular flexibility index (Phi) is 4.77. The first-order valence-electron chi connectivity index (χ1n) is 6.70. The average Bonchev–Trinajstić information content (AvgIpc) is 2.79. The van der Waals surface area contributed by atoms with Gasteiger partial charge < -0.3 is 18.9 Å². The smallest absolute Gasteiger partial charge is 0.264 e. The van der Waals surface area contributed by atoms with Gasteiger partial charge in [-0.1, -0.05) is 6.08 Å². The van der Waals surface area contributed by atoms with Gasteiger partial charge in [0.05, 0.1) is 6.26 Å². The van der Waals surface area contributed by atoms with Gasteiger partial charge in [-0.3, -0.25) is 4.18 Å². The van der Waals surface area contributed by atoms with E-state index in [0.717, 1.165) is 6.26 Å². The molecule has 0 radical (unpaired) electrons. The van der Waals surface area contributed by atoms with Crippen LogP contribution in [0.5, 0.6) is 0 Å². The van der Waals surface area contributed by atoms with Crippen LogP contribution in [0.4, 0.5) is 0 Å². The van der Waals surface area contributed by atoms with Gasteiger partial charge in [-0.05, 0) is 20.3 Å². The lowest BCUT2D eigenvalue weighted by Crippen LogP contribution is -2.40. The molecule has 0 N–H and O–H groups in total. The molecule has 21 heavy (non-hydrogen) atoms. The molecule has 2 aliphatic rings. The number of rotatable bonds is 6. The summed E-state index contributed by atoms with van der Waals surface area (Å²) in [5.41, 5.74) is 0. The van der Waals surface area contributed by atoms with Gasteiger partial charge in [0.15, 0.2) is 12.1 Å². The van der Waals surface area contributed by atoms with Gasteiger partial charge in [-0.25, -0.2) is 0 Å². The van der Waals surface area contributed by atoms with E-state index < -0.39 is 46.6 Å². The summed E-state index contributed by atoms with van der Waals surface area (Å²) in [6.07, 6.45) is 0.0203. The number of fused-ring (bicyclic) bond motifs is 1. The maximum atomic E-state index is 11.4. The molecule has 0 aromatic carbocycles. The molecule has 0 aliphatic carbocycles. The van der Waals surface area contributed by atoms with E-state index in [1.807, 2.05) is 0 Å². The fourth-order valence-corrected chi connectivity index (χ4v) is 3.33. The molecule has 0 bridgehead atoms. The summed E-state index contributed by atoms with van der Waals surface area (Å²) >= 11 is 0. The first-order chi connectivity index (χ1) is 9.67. The first kappa shape index (κ1) is 16.9. The zero-order valence-corrected chi connectivity index (χ0v) is 13.5. The SMILES string of the molecule is C=CC[C@@H](OS(C)(=O)=O)C1OC(OC)C2OC(C)(C)OC21. The molecule has 2 rings (SSSR count). The third kappa shape index (κ3) is 3.82. The van der Waals surface area contributed by atoms with E-state index in [4.69, 9.17) is 23.1 Å². The monoisotopic (exact) mass is 322 g/mol. The van der Waals surface area contributed by atoms with Crippen LogP contribution in [0.2, 0.25) is 0 Å². The van der Waals surface area contributed by atoms with Crippen LogP contribution in [0.3, 0.4) is 0 Å². The molecule has 2 saturated heterocycles. The van der Waals surface area contributed by atoms with Crippen LogP contribution in [0.25, 0.3) is 0 Å². The Bertz CT molecular complexity index is 487. The summed E-state index contributed by atoms with van der Waals surface area (Å²) < 4.78 is 50.5. The molecule has 7 nitrogen and oxygen atoms in total. The lowest BCUT2D eigenvalue weighted by molar-refractivity contribution is -0.235. The van der Waals surface area contributed by atoms with Crippen molar-refractivity contribution in [3.8, 4) is 0 Å². The second-order valence-corrected chi connectivity index (χ2v) is 7.23. The van der Waals surface area contributed by atoms with Crippen LogP contribution in [0.1, 0.15) is 20.3 Å². The van der Waals surface area contributed by atoms with Crippen molar-refractivity contribution in [2.45, 2.75) is 56.8 Å². The van der Waals surface area contributed by atoms with Gasteiger partial charge in [0.25, 0.3) is 10.1 Å². The fraction of sp³-hybridized carbons (Fsp3) is 0.846. The van der Waals surface area contributed by atoms with E-state index in [1.54, 1.807) is 19.9 Å². The lowest BCUT2D eigenvalue weighted by atomic mass is 10.0. The molecule has 122 valence electrons. The number of ether oxygens (including phenoxy) is 4. The van der Waals surface area contributed by atoms with Gasteiger partial charge in [0.1, 0.15) is 24.4 Å². The Labute approximate surface area is 125 Å². The summed E-state index contributed by atoms with van der Waals surface area (Å²) in [5.74, 6) is -0.780. The topological polar surface area (TPSA) is 80.3 Å². The highest BCUT2D eigenvalue weighted by molar-refractivity contribution is 7.86. The van der Waals surface area contributed by atoms with E-state index >= 15 is 0 Å². The summed E-state index contributed by atoms with van der Waals surface area (Å²) in [5, 5.41) is 0. The molecule has 2 aliphatic heterocycles. The molecular weight excluding hydrogens is 300 g/mol. The number of hydrogen-bond acceptors (Lipinski definition) is 7. The van der Waals surface area contributed by atoms with Crippen LogP contribution >= 0.6 is 0 Å². The Morgan fingerprint density at radius 1 is 1.33 bits per heavy atom. The van der Waals surface area contributed by atoms with E-state index in [1.165, 1.54) is 7.11 Å². The summed E-state index contributed by atoms with van der Waals surface area (Å²) in [4.78, 5) is 0. The van der Waals surface area contributed by atoms with E-state index in [9.17, 15) is 8.42 Å². The van der Waals surface area contributed by atoms with E-state index in [0.29, 0.717) is 6.42 Å². The fourth-order valence-electron chi connectivity index (χ4n) is 2.70. The summed E-state index contributed by atoms with van der Waals surface area (Å²) in [6.45, 7) is 7.19. The standard InChI is InChI=1S/C13H22O7S/c1-6-7-8(20-21(5,14)15)9-10-11(12(16-4)17-9)19-13(2,3)18-10/h6,8-12H,1,7H2,2-5H3/t8-,9?,10?,11?,12?/m1/s1. The lowest BCUT2D eigenvalue weighted by Gasteiger charge is -2.27. The minimum absolute atomic E-state index is 0.307. The van der Waals surface area contributed by atoms with Crippen molar-refractivity contribution in [3.63, 3.8) is 0 Å². The Morgan fingerprint density at radius 3 is 2.48 bits per heavy atom. The highest BCUT2D eigenvalue weighted by Crippen LogP contribution is 2.41. The van der Waals surface area contributed by atoms with Crippen molar-refractivity contribution >= 4 is 10.1 Å². The van der Waals surface area contributed by atoms with Crippen LogP contribution in [-0.4, -0.2) is 58.3 Å². The predicted octanol–water partition coefficient (Wildman–Crippen LogP) is 0.799. The van der Waals surface area contributed by atoms with Gasteiger partial charge in [0, 0.05) is 7.11 Å². The van der Waals surface area contributed by atoms with Crippen LogP contribution in [-0.2, 0) is 33.2 Å². The Hall–Kier alpha value is -0.510. The molecule has 0 aromatic heterocycles. The van der Waals surface area contributed by atoms with Gasteiger partial charge in [-0.15, -0.1) is 6.58 Å². The van der Waals surface area contributed by atoms with Crippen LogP contribution < -0.4 is 0 Å². The minimum Gasteiger partial charge on any atom is -0.353 e. The molecule has 0 spiro atoms. The maximum absolute atomic E-state index is 11.4. The van der Waals surface area contributed by atoms with Crippen molar-refractivity contribution < 1.29 is 31.5 Å². The average molecular weight is 322 g/mol. The summed E-state index contributed by atoms with van der Waals surface area (Å²) in [7, 11) is -2.13. The van der Waals surface area contributed by atoms with Crippen molar-refractivity contribution in [1.29, 1.82) is 0 Å².